The molecular weight excluding hydrogens is 230 g/mol. The van der Waals surface area contributed by atoms with Gasteiger partial charge in [0.25, 0.3) is 0 Å². The molecule has 0 aliphatic carbocycles. The summed E-state index contributed by atoms with van der Waals surface area (Å²) < 4.78 is 1.77. The van der Waals surface area contributed by atoms with Crippen molar-refractivity contribution in [3.8, 4) is 11.5 Å². The van der Waals surface area contributed by atoms with E-state index in [-0.39, 0.29) is 11.5 Å². The van der Waals surface area contributed by atoms with Gasteiger partial charge in [-0.2, -0.15) is 5.10 Å². The van der Waals surface area contributed by atoms with Gasteiger partial charge in [-0.1, -0.05) is 13.0 Å². The summed E-state index contributed by atoms with van der Waals surface area (Å²) in [5, 5.41) is 26.2. The number of phenols is 2. The molecule has 0 aliphatic heterocycles. The highest BCUT2D eigenvalue weighted by atomic mass is 16.3. The van der Waals surface area contributed by atoms with Crippen molar-refractivity contribution in [1.29, 1.82) is 0 Å². The summed E-state index contributed by atoms with van der Waals surface area (Å²) in [6, 6.07) is 4.80. The third-order valence-electron chi connectivity index (χ3n) is 2.76. The van der Waals surface area contributed by atoms with Crippen LogP contribution in [0, 0.1) is 0 Å². The van der Waals surface area contributed by atoms with Gasteiger partial charge in [-0.05, 0) is 24.1 Å². The molecular formula is C13H17N3O2. The smallest absolute Gasteiger partial charge is 0.157 e. The number of rotatable bonds is 4. The van der Waals surface area contributed by atoms with Crippen LogP contribution in [0.4, 0.5) is 5.69 Å². The largest absolute Gasteiger partial charge is 0.504 e. The molecule has 18 heavy (non-hydrogen) atoms. The highest BCUT2D eigenvalue weighted by Gasteiger charge is 2.06. The van der Waals surface area contributed by atoms with Gasteiger partial charge in [0.1, 0.15) is 0 Å². The second-order valence-electron chi connectivity index (χ2n) is 4.19. The molecule has 2 aromatic rings. The van der Waals surface area contributed by atoms with Crippen molar-refractivity contribution >= 4 is 5.69 Å². The van der Waals surface area contributed by atoms with E-state index in [2.05, 4.69) is 17.3 Å². The van der Waals surface area contributed by atoms with Crippen LogP contribution in [-0.4, -0.2) is 20.0 Å². The average molecular weight is 247 g/mol. The number of hydrogen-bond acceptors (Lipinski definition) is 4. The van der Waals surface area contributed by atoms with Crippen molar-refractivity contribution < 1.29 is 10.2 Å². The normalized spacial score (nSPS) is 10.6. The van der Waals surface area contributed by atoms with Crippen molar-refractivity contribution in [3.05, 3.63) is 35.7 Å². The molecule has 0 radical (unpaired) electrons. The van der Waals surface area contributed by atoms with Crippen LogP contribution in [0.25, 0.3) is 0 Å². The molecule has 0 fully saturated rings. The number of aryl methyl sites for hydroxylation is 2. The molecule has 0 aliphatic rings. The predicted octanol–water partition coefficient (Wildman–Crippen LogP) is 2.01. The number of nitrogens with one attached hydrogen (secondary N) is 1. The van der Waals surface area contributed by atoms with E-state index in [0.29, 0.717) is 6.54 Å². The molecule has 3 N–H and O–H groups in total. The molecule has 5 heteroatoms. The van der Waals surface area contributed by atoms with Crippen LogP contribution in [0.1, 0.15) is 18.2 Å². The number of nitrogens with zero attached hydrogens (tertiary/aromatic N) is 2. The molecule has 0 spiro atoms. The fourth-order valence-corrected chi connectivity index (χ4v) is 1.82. The van der Waals surface area contributed by atoms with Gasteiger partial charge in [-0.25, -0.2) is 0 Å². The minimum atomic E-state index is -0.102. The molecule has 0 saturated carbocycles. The zero-order valence-electron chi connectivity index (χ0n) is 10.5. The van der Waals surface area contributed by atoms with E-state index in [4.69, 9.17) is 0 Å². The molecule has 0 amide bonds. The monoisotopic (exact) mass is 247 g/mol. The number of phenolic OH excluding ortho intramolecular Hbond substituents is 2. The number of aromatic nitrogens is 2. The summed E-state index contributed by atoms with van der Waals surface area (Å²) in [5.41, 5.74) is 2.91. The Morgan fingerprint density at radius 3 is 2.72 bits per heavy atom. The van der Waals surface area contributed by atoms with Crippen LogP contribution < -0.4 is 5.32 Å². The zero-order chi connectivity index (χ0) is 13.1. The van der Waals surface area contributed by atoms with Crippen LogP contribution in [0.5, 0.6) is 11.5 Å². The Labute approximate surface area is 106 Å². The maximum absolute atomic E-state index is 9.41. The van der Waals surface area contributed by atoms with E-state index < -0.39 is 0 Å². The van der Waals surface area contributed by atoms with Gasteiger partial charge >= 0.3 is 0 Å². The van der Waals surface area contributed by atoms with Crippen molar-refractivity contribution in [3.63, 3.8) is 0 Å². The van der Waals surface area contributed by atoms with Crippen LogP contribution >= 0.6 is 0 Å². The summed E-state index contributed by atoms with van der Waals surface area (Å²) >= 11 is 0. The molecule has 0 atom stereocenters. The first-order valence-electron chi connectivity index (χ1n) is 5.87. The number of benzene rings is 1. The fraction of sp³-hybridized carbons (Fsp3) is 0.308. The summed E-state index contributed by atoms with van der Waals surface area (Å²) in [5.74, 6) is -0.203. The van der Waals surface area contributed by atoms with Crippen LogP contribution in [0.2, 0.25) is 0 Å². The van der Waals surface area contributed by atoms with Gasteiger partial charge in [0.15, 0.2) is 11.5 Å². The van der Waals surface area contributed by atoms with Crippen LogP contribution in [-0.2, 0) is 20.0 Å². The van der Waals surface area contributed by atoms with Crippen LogP contribution in [0.15, 0.2) is 24.4 Å². The minimum Gasteiger partial charge on any atom is -0.504 e. The van der Waals surface area contributed by atoms with E-state index in [9.17, 15) is 10.2 Å². The Hall–Kier alpha value is -2.17. The molecule has 1 aromatic heterocycles. The number of anilines is 1. The van der Waals surface area contributed by atoms with E-state index in [0.717, 1.165) is 23.4 Å². The average Bonchev–Trinajstić information content (AvgIpc) is 2.71. The van der Waals surface area contributed by atoms with Gasteiger partial charge < -0.3 is 15.5 Å². The first-order chi connectivity index (χ1) is 8.60. The fourth-order valence-electron chi connectivity index (χ4n) is 1.82. The van der Waals surface area contributed by atoms with Crippen molar-refractivity contribution in [2.75, 3.05) is 5.32 Å². The summed E-state index contributed by atoms with van der Waals surface area (Å²) in [6.45, 7) is 2.63. The molecule has 0 bridgehead atoms. The Morgan fingerprint density at radius 2 is 2.06 bits per heavy atom. The summed E-state index contributed by atoms with van der Waals surface area (Å²) in [6.07, 6.45) is 2.79. The Kier molecular flexibility index (Phi) is 3.41. The Balaban J connectivity index is 2.08. The topological polar surface area (TPSA) is 70.3 Å². The van der Waals surface area contributed by atoms with Crippen LogP contribution in [0.3, 0.4) is 0 Å². The standard InChI is InChI=1S/C13H17N3O2/c1-3-10-11(8-16(2)15-10)14-7-9-4-5-12(17)13(18)6-9/h4-6,8,14,17-18H,3,7H2,1-2H3. The minimum absolute atomic E-state index is 0.101. The molecule has 96 valence electrons. The first kappa shape index (κ1) is 12.3. The highest BCUT2D eigenvalue weighted by molar-refractivity contribution is 5.48. The third kappa shape index (κ3) is 2.56. The van der Waals surface area contributed by atoms with Crippen molar-refractivity contribution in [2.45, 2.75) is 19.9 Å². The lowest BCUT2D eigenvalue weighted by molar-refractivity contribution is 0.403. The highest BCUT2D eigenvalue weighted by Crippen LogP contribution is 2.25. The quantitative estimate of drug-likeness (QED) is 0.723. The maximum Gasteiger partial charge on any atom is 0.157 e. The molecule has 1 aromatic carbocycles. The van der Waals surface area contributed by atoms with Gasteiger partial charge in [0.2, 0.25) is 0 Å². The second-order valence-corrected chi connectivity index (χ2v) is 4.19. The zero-order valence-corrected chi connectivity index (χ0v) is 10.5. The lowest BCUT2D eigenvalue weighted by atomic mass is 10.2. The first-order valence-corrected chi connectivity index (χ1v) is 5.87. The molecule has 0 unspecified atom stereocenters. The lowest BCUT2D eigenvalue weighted by Crippen LogP contribution is -2.00. The number of hydrogen-bond donors (Lipinski definition) is 3. The third-order valence-corrected chi connectivity index (χ3v) is 2.76. The second kappa shape index (κ2) is 5.00. The summed E-state index contributed by atoms with van der Waals surface area (Å²) in [4.78, 5) is 0. The van der Waals surface area contributed by atoms with E-state index in [1.807, 2.05) is 13.2 Å². The maximum atomic E-state index is 9.41. The lowest BCUT2D eigenvalue weighted by Gasteiger charge is -2.06. The van der Waals surface area contributed by atoms with Gasteiger partial charge in [-0.15, -0.1) is 0 Å². The van der Waals surface area contributed by atoms with E-state index in [1.165, 1.54) is 6.07 Å². The molecule has 0 saturated heterocycles. The van der Waals surface area contributed by atoms with E-state index in [1.54, 1.807) is 16.8 Å². The number of aromatic hydroxyl groups is 2. The molecule has 1 heterocycles. The predicted molar refractivity (Wildman–Crippen MR) is 69.7 cm³/mol. The molecule has 2 rings (SSSR count). The Morgan fingerprint density at radius 1 is 1.28 bits per heavy atom. The molecule has 5 nitrogen and oxygen atoms in total. The van der Waals surface area contributed by atoms with Gasteiger partial charge in [0, 0.05) is 19.8 Å². The Bertz CT molecular complexity index is 549. The van der Waals surface area contributed by atoms with Crippen molar-refractivity contribution in [2.24, 2.45) is 7.05 Å². The van der Waals surface area contributed by atoms with Gasteiger partial charge in [-0.3, -0.25) is 4.68 Å². The SMILES string of the molecule is CCc1nn(C)cc1NCc1ccc(O)c(O)c1. The van der Waals surface area contributed by atoms with Crippen molar-refractivity contribution in [1.82, 2.24) is 9.78 Å². The van der Waals surface area contributed by atoms with Gasteiger partial charge in [0.05, 0.1) is 11.4 Å². The summed E-state index contributed by atoms with van der Waals surface area (Å²) in [7, 11) is 1.89. The van der Waals surface area contributed by atoms with E-state index >= 15 is 0 Å².